The van der Waals surface area contributed by atoms with Crippen molar-refractivity contribution in [2.45, 2.75) is 32.6 Å². The van der Waals surface area contributed by atoms with Crippen LogP contribution in [-0.4, -0.2) is 17.7 Å². The first kappa shape index (κ1) is 16.3. The Morgan fingerprint density at radius 1 is 1.12 bits per heavy atom. The van der Waals surface area contributed by atoms with Gasteiger partial charge in [-0.2, -0.15) is 0 Å². The lowest BCUT2D eigenvalue weighted by Crippen LogP contribution is -2.26. The summed E-state index contributed by atoms with van der Waals surface area (Å²) in [6.45, 7) is 7.34. The molecule has 124 valence electrons. The number of fused-ring (bicyclic) bond motifs is 1. The van der Waals surface area contributed by atoms with Gasteiger partial charge in [-0.05, 0) is 59.7 Å². The molecule has 24 heavy (non-hydrogen) atoms. The van der Waals surface area contributed by atoms with Crippen molar-refractivity contribution in [3.05, 3.63) is 64.7 Å². The maximum atomic E-state index is 10.9. The van der Waals surface area contributed by atoms with Crippen LogP contribution in [0, 0.1) is 0 Å². The summed E-state index contributed by atoms with van der Waals surface area (Å²) < 4.78 is 5.77. The number of carbonyl (C=O) groups is 1. The van der Waals surface area contributed by atoms with Gasteiger partial charge in [0.15, 0.2) is 0 Å². The number of rotatable bonds is 3. The summed E-state index contributed by atoms with van der Waals surface area (Å²) in [6, 6.07) is 13.3. The molecule has 0 aromatic heterocycles. The SMILES string of the molecule is C/C(=C\c1ccc(C(=O)O)cc1)c1ccc2c(c1)C(C)(C)CCO2. The van der Waals surface area contributed by atoms with Crippen LogP contribution in [0.4, 0.5) is 0 Å². The third kappa shape index (κ3) is 3.21. The van der Waals surface area contributed by atoms with E-state index in [9.17, 15) is 4.79 Å². The fraction of sp³-hybridized carbons (Fsp3) is 0.286. The lowest BCUT2D eigenvalue weighted by molar-refractivity contribution is 0.0697. The molecular weight excluding hydrogens is 300 g/mol. The summed E-state index contributed by atoms with van der Waals surface area (Å²) in [4.78, 5) is 10.9. The summed E-state index contributed by atoms with van der Waals surface area (Å²) in [5.41, 5.74) is 4.97. The summed E-state index contributed by atoms with van der Waals surface area (Å²) in [6.07, 6.45) is 3.09. The molecule has 0 saturated carbocycles. The number of allylic oxidation sites excluding steroid dienone is 1. The van der Waals surface area contributed by atoms with Crippen molar-refractivity contribution in [2.24, 2.45) is 0 Å². The first-order chi connectivity index (χ1) is 11.4. The second-order valence-electron chi connectivity index (χ2n) is 6.95. The van der Waals surface area contributed by atoms with Crippen molar-refractivity contribution in [1.29, 1.82) is 0 Å². The number of aromatic carboxylic acids is 1. The number of benzene rings is 2. The fourth-order valence-corrected chi connectivity index (χ4v) is 3.04. The summed E-state index contributed by atoms with van der Waals surface area (Å²) in [5, 5.41) is 8.97. The topological polar surface area (TPSA) is 46.5 Å². The minimum absolute atomic E-state index is 0.118. The third-order valence-corrected chi connectivity index (χ3v) is 4.69. The van der Waals surface area contributed by atoms with Crippen molar-refractivity contribution >= 4 is 17.6 Å². The molecule has 3 rings (SSSR count). The molecule has 3 heteroatoms. The normalized spacial score (nSPS) is 16.2. The Labute approximate surface area is 142 Å². The number of hydrogen-bond donors (Lipinski definition) is 1. The highest BCUT2D eigenvalue weighted by atomic mass is 16.5. The van der Waals surface area contributed by atoms with Crippen LogP contribution in [0.5, 0.6) is 5.75 Å². The number of hydrogen-bond acceptors (Lipinski definition) is 2. The second-order valence-corrected chi connectivity index (χ2v) is 6.95. The van der Waals surface area contributed by atoms with Gasteiger partial charge in [0.05, 0.1) is 12.2 Å². The van der Waals surface area contributed by atoms with Crippen molar-refractivity contribution in [3.63, 3.8) is 0 Å². The van der Waals surface area contributed by atoms with E-state index in [1.54, 1.807) is 12.1 Å². The molecule has 1 aliphatic heterocycles. The second kappa shape index (κ2) is 6.16. The van der Waals surface area contributed by atoms with Gasteiger partial charge >= 0.3 is 5.97 Å². The molecule has 0 unspecified atom stereocenters. The van der Waals surface area contributed by atoms with Crippen LogP contribution in [0.1, 0.15) is 54.2 Å². The molecule has 0 amide bonds. The van der Waals surface area contributed by atoms with Crippen molar-refractivity contribution in [2.75, 3.05) is 6.61 Å². The first-order valence-corrected chi connectivity index (χ1v) is 8.16. The zero-order valence-electron chi connectivity index (χ0n) is 14.3. The molecule has 3 nitrogen and oxygen atoms in total. The molecule has 0 spiro atoms. The van der Waals surface area contributed by atoms with Gasteiger partial charge in [0.1, 0.15) is 5.75 Å². The van der Waals surface area contributed by atoms with Gasteiger partial charge in [-0.1, -0.05) is 38.1 Å². The van der Waals surface area contributed by atoms with Gasteiger partial charge in [0.2, 0.25) is 0 Å². The van der Waals surface area contributed by atoms with Crippen molar-refractivity contribution < 1.29 is 14.6 Å². The summed E-state index contributed by atoms with van der Waals surface area (Å²) in [7, 11) is 0. The summed E-state index contributed by atoms with van der Waals surface area (Å²) >= 11 is 0. The molecule has 0 fully saturated rings. The Morgan fingerprint density at radius 2 is 1.79 bits per heavy atom. The zero-order chi connectivity index (χ0) is 17.3. The maximum Gasteiger partial charge on any atom is 0.335 e. The van der Waals surface area contributed by atoms with Crippen LogP contribution in [0.15, 0.2) is 42.5 Å². The molecule has 1 heterocycles. The van der Waals surface area contributed by atoms with Crippen molar-refractivity contribution in [1.82, 2.24) is 0 Å². The van der Waals surface area contributed by atoms with E-state index < -0.39 is 5.97 Å². The molecule has 0 bridgehead atoms. The minimum Gasteiger partial charge on any atom is -0.493 e. The summed E-state index contributed by atoms with van der Waals surface area (Å²) in [5.74, 6) is 0.0766. The average Bonchev–Trinajstić information content (AvgIpc) is 2.55. The smallest absolute Gasteiger partial charge is 0.335 e. The molecule has 2 aromatic carbocycles. The van der Waals surface area contributed by atoms with Gasteiger partial charge in [0.25, 0.3) is 0 Å². The Balaban J connectivity index is 1.92. The van der Waals surface area contributed by atoms with E-state index in [4.69, 9.17) is 9.84 Å². The van der Waals surface area contributed by atoms with E-state index in [0.717, 1.165) is 35.5 Å². The molecule has 2 aromatic rings. The van der Waals surface area contributed by atoms with Crippen LogP contribution in [0.3, 0.4) is 0 Å². The van der Waals surface area contributed by atoms with Crippen molar-refractivity contribution in [3.8, 4) is 5.75 Å². The van der Waals surface area contributed by atoms with Crippen LogP contribution in [-0.2, 0) is 5.41 Å². The average molecular weight is 322 g/mol. The molecule has 0 aliphatic carbocycles. The van der Waals surface area contributed by atoms with E-state index in [2.05, 4.69) is 45.0 Å². The van der Waals surface area contributed by atoms with Gasteiger partial charge < -0.3 is 9.84 Å². The lowest BCUT2D eigenvalue weighted by atomic mass is 9.79. The Hall–Kier alpha value is -2.55. The molecular formula is C21H22O3. The van der Waals surface area contributed by atoms with E-state index in [1.807, 2.05) is 12.1 Å². The molecule has 1 N–H and O–H groups in total. The highest BCUT2D eigenvalue weighted by molar-refractivity contribution is 5.88. The van der Waals surface area contributed by atoms with Crippen LogP contribution in [0.2, 0.25) is 0 Å². The first-order valence-electron chi connectivity index (χ1n) is 8.16. The predicted octanol–water partition coefficient (Wildman–Crippen LogP) is 5.01. The van der Waals surface area contributed by atoms with Gasteiger partial charge in [0, 0.05) is 5.56 Å². The van der Waals surface area contributed by atoms with Crippen LogP contribution in [0.25, 0.3) is 11.6 Å². The lowest BCUT2D eigenvalue weighted by Gasteiger charge is -2.32. The molecule has 0 saturated heterocycles. The quantitative estimate of drug-likeness (QED) is 0.808. The predicted molar refractivity (Wildman–Crippen MR) is 96.5 cm³/mol. The molecule has 1 aliphatic rings. The number of ether oxygens (including phenoxy) is 1. The maximum absolute atomic E-state index is 10.9. The fourth-order valence-electron chi connectivity index (χ4n) is 3.04. The van der Waals surface area contributed by atoms with Gasteiger partial charge in [-0.3, -0.25) is 0 Å². The largest absolute Gasteiger partial charge is 0.493 e. The van der Waals surface area contributed by atoms with E-state index in [-0.39, 0.29) is 5.41 Å². The minimum atomic E-state index is -0.904. The Bertz CT molecular complexity index is 798. The molecule has 0 atom stereocenters. The van der Waals surface area contributed by atoms with Gasteiger partial charge in [-0.25, -0.2) is 4.79 Å². The van der Waals surface area contributed by atoms with Crippen LogP contribution >= 0.6 is 0 Å². The monoisotopic (exact) mass is 322 g/mol. The zero-order valence-corrected chi connectivity index (χ0v) is 14.3. The third-order valence-electron chi connectivity index (χ3n) is 4.69. The van der Waals surface area contributed by atoms with E-state index in [0.29, 0.717) is 5.56 Å². The highest BCUT2D eigenvalue weighted by Gasteiger charge is 2.28. The van der Waals surface area contributed by atoms with E-state index >= 15 is 0 Å². The Kier molecular flexibility index (Phi) is 4.18. The molecule has 0 radical (unpaired) electrons. The van der Waals surface area contributed by atoms with Gasteiger partial charge in [-0.15, -0.1) is 0 Å². The van der Waals surface area contributed by atoms with Crippen LogP contribution < -0.4 is 4.74 Å². The standard InChI is InChI=1S/C21H22O3/c1-14(12-15-4-6-16(7-5-15)20(22)23)17-8-9-19-18(13-17)21(2,3)10-11-24-19/h4-9,12-13H,10-11H2,1-3H3,(H,22,23)/b14-12+. The highest BCUT2D eigenvalue weighted by Crippen LogP contribution is 2.39. The number of carboxylic acids is 1. The van der Waals surface area contributed by atoms with E-state index in [1.165, 1.54) is 5.56 Å². The Morgan fingerprint density at radius 3 is 2.46 bits per heavy atom. The number of carboxylic acid groups (broad SMARTS) is 1.